The molecule has 74 valence electrons. The number of para-hydroxylation sites is 1. The molecule has 1 nitrogen and oxygen atoms in total. The number of phenolic OH excluding ortho intramolecular Hbond substituents is 1. The van der Waals surface area contributed by atoms with E-state index >= 15 is 0 Å². The smallest absolute Gasteiger partial charge is 0.122 e. The van der Waals surface area contributed by atoms with Crippen molar-refractivity contribution >= 4 is 13.5 Å². The van der Waals surface area contributed by atoms with Crippen molar-refractivity contribution in [2.75, 3.05) is 0 Å². The van der Waals surface area contributed by atoms with E-state index in [4.69, 9.17) is 0 Å². The maximum absolute atomic E-state index is 9.73. The van der Waals surface area contributed by atoms with E-state index in [-0.39, 0.29) is 18.9 Å². The van der Waals surface area contributed by atoms with Crippen LogP contribution >= 0.6 is 13.5 Å². The standard InChI is InChI=1S/C11H16O.H2S/c1-8-6-5-7-9(10(8)12)11(2,3)4;/h5-7,12H,1-4H3;1H2. The fourth-order valence-electron chi connectivity index (χ4n) is 1.26. The van der Waals surface area contributed by atoms with Gasteiger partial charge in [0.25, 0.3) is 0 Å². The van der Waals surface area contributed by atoms with Crippen molar-refractivity contribution in [3.63, 3.8) is 0 Å². The van der Waals surface area contributed by atoms with Crippen LogP contribution in [0, 0.1) is 6.92 Å². The van der Waals surface area contributed by atoms with Crippen molar-refractivity contribution in [3.05, 3.63) is 29.3 Å². The second-order valence-corrected chi connectivity index (χ2v) is 4.22. The lowest BCUT2D eigenvalue weighted by Gasteiger charge is -2.20. The Kier molecular flexibility index (Phi) is 3.86. The zero-order valence-corrected chi connectivity index (χ0v) is 9.68. The van der Waals surface area contributed by atoms with Crippen molar-refractivity contribution < 1.29 is 5.11 Å². The molecule has 0 aliphatic carbocycles. The quantitative estimate of drug-likeness (QED) is 0.679. The Bertz CT molecular complexity index is 287. The molecular weight excluding hydrogens is 180 g/mol. The molecule has 0 amide bonds. The summed E-state index contributed by atoms with van der Waals surface area (Å²) in [6.45, 7) is 8.22. The number of aryl methyl sites for hydroxylation is 1. The Morgan fingerprint density at radius 2 is 1.69 bits per heavy atom. The topological polar surface area (TPSA) is 20.2 Å². The van der Waals surface area contributed by atoms with Gasteiger partial charge in [0.15, 0.2) is 0 Å². The molecule has 0 radical (unpaired) electrons. The Labute approximate surface area is 87.2 Å². The summed E-state index contributed by atoms with van der Waals surface area (Å²) in [6.07, 6.45) is 0. The summed E-state index contributed by atoms with van der Waals surface area (Å²) in [7, 11) is 0. The number of aromatic hydroxyl groups is 1. The van der Waals surface area contributed by atoms with Crippen LogP contribution in [0.4, 0.5) is 0 Å². The molecular formula is C11H18OS. The Morgan fingerprint density at radius 3 is 2.08 bits per heavy atom. The van der Waals surface area contributed by atoms with E-state index in [1.165, 1.54) is 0 Å². The van der Waals surface area contributed by atoms with Gasteiger partial charge in [0, 0.05) is 0 Å². The average Bonchev–Trinajstić information content (AvgIpc) is 1.92. The van der Waals surface area contributed by atoms with Crippen molar-refractivity contribution in [2.45, 2.75) is 33.1 Å². The van der Waals surface area contributed by atoms with Gasteiger partial charge in [0.2, 0.25) is 0 Å². The summed E-state index contributed by atoms with van der Waals surface area (Å²) in [5.74, 6) is 0.435. The minimum absolute atomic E-state index is 0. The largest absolute Gasteiger partial charge is 0.507 e. The minimum atomic E-state index is 0. The Morgan fingerprint density at radius 1 is 1.15 bits per heavy atom. The fraction of sp³-hybridized carbons (Fsp3) is 0.455. The number of benzene rings is 1. The lowest BCUT2D eigenvalue weighted by molar-refractivity contribution is 0.443. The maximum Gasteiger partial charge on any atom is 0.122 e. The van der Waals surface area contributed by atoms with Gasteiger partial charge in [-0.05, 0) is 23.5 Å². The molecule has 0 heterocycles. The maximum atomic E-state index is 9.73. The summed E-state index contributed by atoms with van der Waals surface area (Å²) in [5.41, 5.74) is 1.99. The molecule has 0 aromatic heterocycles. The van der Waals surface area contributed by atoms with Crippen molar-refractivity contribution in [1.82, 2.24) is 0 Å². The van der Waals surface area contributed by atoms with Gasteiger partial charge in [-0.15, -0.1) is 0 Å². The summed E-state index contributed by atoms with van der Waals surface area (Å²) in [5, 5.41) is 9.73. The third kappa shape index (κ3) is 2.66. The van der Waals surface area contributed by atoms with Gasteiger partial charge in [-0.2, -0.15) is 13.5 Å². The first-order valence-electron chi connectivity index (χ1n) is 4.22. The van der Waals surface area contributed by atoms with E-state index in [2.05, 4.69) is 20.8 Å². The highest BCUT2D eigenvalue weighted by atomic mass is 32.1. The molecule has 1 aromatic carbocycles. The predicted molar refractivity (Wildman–Crippen MR) is 61.9 cm³/mol. The fourth-order valence-corrected chi connectivity index (χ4v) is 1.26. The predicted octanol–water partition coefficient (Wildman–Crippen LogP) is 3.11. The molecule has 1 N–H and O–H groups in total. The van der Waals surface area contributed by atoms with Gasteiger partial charge in [-0.3, -0.25) is 0 Å². The van der Waals surface area contributed by atoms with Gasteiger partial charge in [-0.1, -0.05) is 39.0 Å². The van der Waals surface area contributed by atoms with E-state index < -0.39 is 0 Å². The third-order valence-corrected chi connectivity index (χ3v) is 2.05. The Balaban J connectivity index is 0.00000144. The highest BCUT2D eigenvalue weighted by Crippen LogP contribution is 2.32. The minimum Gasteiger partial charge on any atom is -0.507 e. The summed E-state index contributed by atoms with van der Waals surface area (Å²) >= 11 is 0. The zero-order valence-electron chi connectivity index (χ0n) is 8.68. The van der Waals surface area contributed by atoms with Gasteiger partial charge >= 0.3 is 0 Å². The molecule has 2 heteroatoms. The number of hydrogen-bond donors (Lipinski definition) is 1. The van der Waals surface area contributed by atoms with Crippen LogP contribution in [0.5, 0.6) is 5.75 Å². The lowest BCUT2D eigenvalue weighted by Crippen LogP contribution is -2.11. The molecule has 1 rings (SSSR count). The molecule has 0 saturated heterocycles. The monoisotopic (exact) mass is 198 g/mol. The molecule has 0 fully saturated rings. The number of phenols is 1. The molecule has 0 saturated carbocycles. The molecule has 0 bridgehead atoms. The molecule has 0 aliphatic rings. The van der Waals surface area contributed by atoms with Crippen LogP contribution in [-0.4, -0.2) is 5.11 Å². The lowest BCUT2D eigenvalue weighted by atomic mass is 9.85. The molecule has 0 spiro atoms. The average molecular weight is 198 g/mol. The Hall–Kier alpha value is -0.630. The van der Waals surface area contributed by atoms with Crippen LogP contribution in [0.25, 0.3) is 0 Å². The van der Waals surface area contributed by atoms with E-state index in [1.54, 1.807) is 0 Å². The highest BCUT2D eigenvalue weighted by molar-refractivity contribution is 7.59. The zero-order chi connectivity index (χ0) is 9.35. The van der Waals surface area contributed by atoms with Gasteiger partial charge in [-0.25, -0.2) is 0 Å². The van der Waals surface area contributed by atoms with E-state index in [1.807, 2.05) is 25.1 Å². The van der Waals surface area contributed by atoms with Crippen LogP contribution in [-0.2, 0) is 5.41 Å². The van der Waals surface area contributed by atoms with Crippen LogP contribution < -0.4 is 0 Å². The molecule has 0 unspecified atom stereocenters. The van der Waals surface area contributed by atoms with Crippen LogP contribution in [0.1, 0.15) is 31.9 Å². The summed E-state index contributed by atoms with van der Waals surface area (Å²) in [6, 6.07) is 5.88. The van der Waals surface area contributed by atoms with Gasteiger partial charge in [0.1, 0.15) is 5.75 Å². The molecule has 1 aromatic rings. The van der Waals surface area contributed by atoms with E-state index in [0.717, 1.165) is 11.1 Å². The second kappa shape index (κ2) is 4.05. The number of hydrogen-bond acceptors (Lipinski definition) is 1. The van der Waals surface area contributed by atoms with Crippen LogP contribution in [0.15, 0.2) is 18.2 Å². The first-order valence-corrected chi connectivity index (χ1v) is 4.22. The third-order valence-electron chi connectivity index (χ3n) is 2.05. The molecule has 0 atom stereocenters. The highest BCUT2D eigenvalue weighted by Gasteiger charge is 2.17. The van der Waals surface area contributed by atoms with Crippen LogP contribution in [0.3, 0.4) is 0 Å². The van der Waals surface area contributed by atoms with Crippen molar-refractivity contribution in [2.24, 2.45) is 0 Å². The summed E-state index contributed by atoms with van der Waals surface area (Å²) < 4.78 is 0. The van der Waals surface area contributed by atoms with Gasteiger partial charge in [0.05, 0.1) is 0 Å². The van der Waals surface area contributed by atoms with Crippen LogP contribution in [0.2, 0.25) is 0 Å². The molecule has 0 aliphatic heterocycles. The first-order chi connectivity index (χ1) is 5.43. The second-order valence-electron chi connectivity index (χ2n) is 4.22. The van der Waals surface area contributed by atoms with Crippen molar-refractivity contribution in [1.29, 1.82) is 0 Å². The number of rotatable bonds is 0. The normalized spacial score (nSPS) is 10.8. The van der Waals surface area contributed by atoms with E-state index in [0.29, 0.717) is 5.75 Å². The van der Waals surface area contributed by atoms with E-state index in [9.17, 15) is 5.11 Å². The summed E-state index contributed by atoms with van der Waals surface area (Å²) in [4.78, 5) is 0. The van der Waals surface area contributed by atoms with Gasteiger partial charge < -0.3 is 5.11 Å². The molecule has 13 heavy (non-hydrogen) atoms. The SMILES string of the molecule is Cc1cccc(C(C)(C)C)c1O.S. The first kappa shape index (κ1) is 12.4. The van der Waals surface area contributed by atoms with Crippen molar-refractivity contribution in [3.8, 4) is 5.75 Å².